The highest BCUT2D eigenvalue weighted by Gasteiger charge is 2.27. The van der Waals surface area contributed by atoms with Crippen LogP contribution in [-0.4, -0.2) is 35.3 Å². The molecule has 41 heavy (non-hydrogen) atoms. The number of esters is 1. The topological polar surface area (TPSA) is 72.7 Å². The van der Waals surface area contributed by atoms with Gasteiger partial charge in [0.1, 0.15) is 5.00 Å². The first-order valence-corrected chi connectivity index (χ1v) is 15.8. The maximum absolute atomic E-state index is 13.6. The third-order valence-corrected chi connectivity index (χ3v) is 9.48. The average molecular weight is 568 g/mol. The van der Waals surface area contributed by atoms with Gasteiger partial charge in [-0.15, -0.1) is 11.3 Å². The lowest BCUT2D eigenvalue weighted by molar-refractivity contribution is 0.0526. The van der Waals surface area contributed by atoms with E-state index in [1.165, 1.54) is 36.1 Å². The van der Waals surface area contributed by atoms with Crippen LogP contribution in [0, 0.1) is 0 Å². The number of para-hydroxylation sites is 1. The first-order chi connectivity index (χ1) is 20.1. The summed E-state index contributed by atoms with van der Waals surface area (Å²) in [6, 6.07) is 16.2. The lowest BCUT2D eigenvalue weighted by atomic mass is 9.93. The number of aliphatic imine (C=N–C) groups is 1. The van der Waals surface area contributed by atoms with Gasteiger partial charge >= 0.3 is 5.97 Å². The molecule has 2 aromatic heterocycles. The van der Waals surface area contributed by atoms with E-state index in [2.05, 4.69) is 28.2 Å². The van der Waals surface area contributed by atoms with E-state index in [-0.39, 0.29) is 17.9 Å². The molecular weight excluding hydrogens is 530 g/mol. The van der Waals surface area contributed by atoms with Crippen molar-refractivity contribution in [2.45, 2.75) is 77.3 Å². The molecule has 7 heteroatoms. The second-order valence-electron chi connectivity index (χ2n) is 11.1. The van der Waals surface area contributed by atoms with Crippen molar-refractivity contribution in [3.05, 3.63) is 87.4 Å². The summed E-state index contributed by atoms with van der Waals surface area (Å²) in [6.45, 7) is 2.84. The highest BCUT2D eigenvalue weighted by atomic mass is 32.1. The van der Waals surface area contributed by atoms with Crippen molar-refractivity contribution in [1.82, 2.24) is 9.88 Å². The molecule has 0 spiro atoms. The number of hydrogen-bond acceptors (Lipinski definition) is 5. The van der Waals surface area contributed by atoms with Crippen molar-refractivity contribution in [2.24, 2.45) is 4.99 Å². The molecule has 1 fully saturated rings. The third kappa shape index (κ3) is 6.01. The monoisotopic (exact) mass is 567 g/mol. The first-order valence-electron chi connectivity index (χ1n) is 14.9. The Morgan fingerprint density at radius 3 is 2.61 bits per heavy atom. The van der Waals surface area contributed by atoms with Gasteiger partial charge in [0, 0.05) is 46.3 Å². The maximum atomic E-state index is 13.6. The Kier molecular flexibility index (Phi) is 8.33. The summed E-state index contributed by atoms with van der Waals surface area (Å²) in [5.74, 6) is -0.247. The van der Waals surface area contributed by atoms with E-state index in [0.29, 0.717) is 18.7 Å². The van der Waals surface area contributed by atoms with Crippen LogP contribution >= 0.6 is 11.3 Å². The number of rotatable bonds is 8. The Morgan fingerprint density at radius 2 is 1.80 bits per heavy atom. The largest absolute Gasteiger partial charge is 0.462 e. The molecule has 0 saturated heterocycles. The molecular formula is C34H37N3O3S. The van der Waals surface area contributed by atoms with Crippen molar-refractivity contribution in [3.63, 3.8) is 0 Å². The summed E-state index contributed by atoms with van der Waals surface area (Å²) < 4.78 is 7.33. The number of nitrogens with one attached hydrogen (secondary N) is 1. The van der Waals surface area contributed by atoms with Gasteiger partial charge in [0.15, 0.2) is 0 Å². The standard InChI is InChI=1S/C34H37N3O3S/c1-2-40-34(39)24-18-16-23(17-19-24)21-37-22-25(27-12-6-8-14-29(27)37)20-35-33-31(28-13-7-9-15-30(28)41-33)32(38)36-26-10-4-3-5-11-26/h6,8,12,14,16-20,22,26H,2-5,7,9-11,13,15,21H2,1H3,(H,36,38). The summed E-state index contributed by atoms with van der Waals surface area (Å²) in [6.07, 6.45) is 14.1. The molecule has 0 atom stereocenters. The number of nitrogens with zero attached hydrogens (tertiary/aromatic N) is 2. The summed E-state index contributed by atoms with van der Waals surface area (Å²) in [4.78, 5) is 31.9. The number of thiophene rings is 1. The minimum atomic E-state index is -0.300. The van der Waals surface area contributed by atoms with Crippen molar-refractivity contribution in [2.75, 3.05) is 6.61 Å². The number of carbonyl (C=O) groups excluding carboxylic acids is 2. The number of hydrogen-bond donors (Lipinski definition) is 1. The van der Waals surface area contributed by atoms with Gasteiger partial charge in [-0.05, 0) is 74.8 Å². The Hall–Kier alpha value is -3.71. The molecule has 0 radical (unpaired) electrons. The number of carbonyl (C=O) groups is 2. The van der Waals surface area contributed by atoms with E-state index in [1.807, 2.05) is 49.5 Å². The summed E-state index contributed by atoms with van der Waals surface area (Å²) in [5.41, 5.74) is 5.81. The smallest absolute Gasteiger partial charge is 0.338 e. The normalized spacial score (nSPS) is 15.7. The molecule has 212 valence electrons. The molecule has 6 rings (SSSR count). The van der Waals surface area contributed by atoms with Crippen LogP contribution in [0.15, 0.2) is 59.7 Å². The van der Waals surface area contributed by atoms with Crippen LogP contribution < -0.4 is 5.32 Å². The fraction of sp³-hybridized carbons (Fsp3) is 0.382. The van der Waals surface area contributed by atoms with Gasteiger partial charge in [0.2, 0.25) is 0 Å². The van der Waals surface area contributed by atoms with Crippen molar-refractivity contribution in [1.29, 1.82) is 0 Å². The zero-order chi connectivity index (χ0) is 28.2. The number of fused-ring (bicyclic) bond motifs is 2. The molecule has 2 aliphatic carbocycles. The Bertz CT molecular complexity index is 1570. The molecule has 4 aromatic rings. The van der Waals surface area contributed by atoms with Crippen LogP contribution in [-0.2, 0) is 24.1 Å². The van der Waals surface area contributed by atoms with E-state index < -0.39 is 0 Å². The van der Waals surface area contributed by atoms with Gasteiger partial charge in [0.05, 0.1) is 17.7 Å². The van der Waals surface area contributed by atoms with Crippen LogP contribution in [0.2, 0.25) is 0 Å². The number of aromatic nitrogens is 1. The molecule has 1 saturated carbocycles. The quantitative estimate of drug-likeness (QED) is 0.176. The van der Waals surface area contributed by atoms with Crippen LogP contribution in [0.25, 0.3) is 10.9 Å². The van der Waals surface area contributed by atoms with Gasteiger partial charge in [-0.1, -0.05) is 49.6 Å². The highest BCUT2D eigenvalue weighted by molar-refractivity contribution is 7.16. The molecule has 0 bridgehead atoms. The minimum Gasteiger partial charge on any atom is -0.462 e. The molecule has 2 heterocycles. The Labute approximate surface area is 245 Å². The van der Waals surface area contributed by atoms with E-state index in [1.54, 1.807) is 11.3 Å². The van der Waals surface area contributed by atoms with E-state index in [4.69, 9.17) is 9.73 Å². The molecule has 1 amide bonds. The van der Waals surface area contributed by atoms with Crippen molar-refractivity contribution >= 4 is 45.3 Å². The van der Waals surface area contributed by atoms with Crippen LogP contribution in [0.5, 0.6) is 0 Å². The van der Waals surface area contributed by atoms with Gasteiger partial charge in [0.25, 0.3) is 5.91 Å². The van der Waals surface area contributed by atoms with Crippen LogP contribution in [0.1, 0.15) is 94.2 Å². The van der Waals surface area contributed by atoms with Gasteiger partial charge in [-0.3, -0.25) is 4.79 Å². The van der Waals surface area contributed by atoms with E-state index >= 15 is 0 Å². The van der Waals surface area contributed by atoms with Crippen molar-refractivity contribution < 1.29 is 14.3 Å². The number of benzene rings is 2. The third-order valence-electron chi connectivity index (χ3n) is 8.28. The van der Waals surface area contributed by atoms with Gasteiger partial charge < -0.3 is 14.6 Å². The predicted molar refractivity (Wildman–Crippen MR) is 166 cm³/mol. The fourth-order valence-corrected chi connectivity index (χ4v) is 7.41. The molecule has 0 unspecified atom stereocenters. The maximum Gasteiger partial charge on any atom is 0.338 e. The summed E-state index contributed by atoms with van der Waals surface area (Å²) in [7, 11) is 0. The zero-order valence-electron chi connectivity index (χ0n) is 23.7. The van der Waals surface area contributed by atoms with Crippen LogP contribution in [0.3, 0.4) is 0 Å². The van der Waals surface area contributed by atoms with Crippen molar-refractivity contribution in [3.8, 4) is 0 Å². The Morgan fingerprint density at radius 1 is 1.02 bits per heavy atom. The number of amides is 1. The van der Waals surface area contributed by atoms with Gasteiger partial charge in [-0.25, -0.2) is 9.79 Å². The van der Waals surface area contributed by atoms with E-state index in [0.717, 1.165) is 64.7 Å². The summed E-state index contributed by atoms with van der Waals surface area (Å²) in [5, 5.41) is 5.30. The predicted octanol–water partition coefficient (Wildman–Crippen LogP) is 7.62. The molecule has 6 nitrogen and oxygen atoms in total. The average Bonchev–Trinajstić information content (AvgIpc) is 3.55. The zero-order valence-corrected chi connectivity index (χ0v) is 24.5. The highest BCUT2D eigenvalue weighted by Crippen LogP contribution is 2.40. The molecule has 0 aliphatic heterocycles. The Balaban J connectivity index is 1.28. The summed E-state index contributed by atoms with van der Waals surface area (Å²) >= 11 is 1.69. The van der Waals surface area contributed by atoms with E-state index in [9.17, 15) is 9.59 Å². The van der Waals surface area contributed by atoms with Gasteiger partial charge in [-0.2, -0.15) is 0 Å². The SMILES string of the molecule is CCOC(=O)c1ccc(Cn2cc(C=Nc3sc4c(c3C(=O)NC3CCCCC3)CCCC4)c3ccccc32)cc1. The molecule has 2 aromatic carbocycles. The molecule has 2 aliphatic rings. The lowest BCUT2D eigenvalue weighted by Gasteiger charge is -2.23. The lowest BCUT2D eigenvalue weighted by Crippen LogP contribution is -2.36. The second kappa shape index (κ2) is 12.4. The first kappa shape index (κ1) is 27.5. The van der Waals surface area contributed by atoms with Crippen LogP contribution in [0.4, 0.5) is 5.00 Å². The number of aryl methyl sites for hydroxylation is 1. The molecule has 1 N–H and O–H groups in total. The fourth-order valence-electron chi connectivity index (χ4n) is 6.18. The number of ether oxygens (including phenoxy) is 1. The minimum absolute atomic E-state index is 0.0529. The second-order valence-corrected chi connectivity index (χ2v) is 12.2.